The molecule has 51 heavy (non-hydrogen) atoms. The van der Waals surface area contributed by atoms with Crippen molar-refractivity contribution < 1.29 is 19.1 Å². The van der Waals surface area contributed by atoms with E-state index in [4.69, 9.17) is 4.74 Å². The van der Waals surface area contributed by atoms with Crippen LogP contribution in [0.4, 0.5) is 0 Å². The highest BCUT2D eigenvalue weighted by Gasteiger charge is 2.61. The predicted octanol–water partition coefficient (Wildman–Crippen LogP) is 7.35. The van der Waals surface area contributed by atoms with Gasteiger partial charge in [0, 0.05) is 63.8 Å². The van der Waals surface area contributed by atoms with Crippen molar-refractivity contribution in [1.82, 2.24) is 15.5 Å². The van der Waals surface area contributed by atoms with Crippen molar-refractivity contribution in [2.24, 2.45) is 35.0 Å². The van der Waals surface area contributed by atoms with Crippen LogP contribution >= 0.6 is 0 Å². The summed E-state index contributed by atoms with van der Waals surface area (Å²) >= 11 is 0. The molecule has 9 atom stereocenters. The van der Waals surface area contributed by atoms with E-state index in [1.165, 1.54) is 24.0 Å². The van der Waals surface area contributed by atoms with Gasteiger partial charge in [-0.25, -0.2) is 0 Å². The Labute approximate surface area is 306 Å². The Hall–Kier alpha value is -2.77. The summed E-state index contributed by atoms with van der Waals surface area (Å²) in [4.78, 5) is 40.0. The third kappa shape index (κ3) is 7.28. The monoisotopic (exact) mass is 697 g/mol. The number of unbranched alkanes of at least 4 members (excludes halogenated alkanes) is 2. The van der Waals surface area contributed by atoms with Gasteiger partial charge in [-0.1, -0.05) is 74.7 Å². The quantitative estimate of drug-likeness (QED) is 0.176. The fourth-order valence-electron chi connectivity index (χ4n) is 11.8. The summed E-state index contributed by atoms with van der Waals surface area (Å²) < 4.78 is 7.32. The summed E-state index contributed by atoms with van der Waals surface area (Å²) in [5.74, 6) is 3.68. The third-order valence-electron chi connectivity index (χ3n) is 14.6. The molecule has 7 rings (SSSR count). The lowest BCUT2D eigenvalue weighted by Gasteiger charge is -2.47. The molecule has 4 aliphatic carbocycles. The number of nitrogens with zero attached hydrogens (tertiary/aromatic N) is 1. The van der Waals surface area contributed by atoms with Crippen LogP contribution in [0.2, 0.25) is 0 Å². The Balaban J connectivity index is 0.881. The molecular weight excluding hydrogens is 635 g/mol. The molecule has 0 aromatic heterocycles. The standard InChI is InChI=1S/C44H63N3O4/c1-29-25-39-42(47(28-29)24-23-46-40(49)13-9-6-10-22-45-41(50)17-14-32-11-7-5-8-12-32)31(3)44(51-39)21-19-35-36-16-15-33-26-34(48)18-20-43(33,4)38(36)27-37(35)30(44)2/h5,7-8,11-12,15,29,31,35-36,38-39,42H,6,9-10,13-14,16-28H2,1-4H3,(H,45,50)(H,46,49)/t29?,31-,35+,36+,38+,39-,42+,43?,44+/m1/s1. The van der Waals surface area contributed by atoms with Gasteiger partial charge in [-0.15, -0.1) is 0 Å². The van der Waals surface area contributed by atoms with Gasteiger partial charge in [-0.2, -0.15) is 0 Å². The first kappa shape index (κ1) is 36.6. The van der Waals surface area contributed by atoms with Crippen LogP contribution in [0.25, 0.3) is 0 Å². The molecule has 6 aliphatic rings. The van der Waals surface area contributed by atoms with Crippen LogP contribution < -0.4 is 10.6 Å². The Morgan fingerprint density at radius 3 is 2.61 bits per heavy atom. The summed E-state index contributed by atoms with van der Waals surface area (Å²) in [5, 5.41) is 6.25. The molecule has 2 unspecified atom stereocenters. The number of likely N-dealkylation sites (tertiary alicyclic amines) is 1. The Morgan fingerprint density at radius 2 is 1.78 bits per heavy atom. The molecule has 1 spiro atoms. The fraction of sp³-hybridized carbons (Fsp3) is 0.705. The van der Waals surface area contributed by atoms with Gasteiger partial charge in [-0.3, -0.25) is 19.3 Å². The van der Waals surface area contributed by atoms with Gasteiger partial charge in [0.05, 0.1) is 11.7 Å². The Morgan fingerprint density at radius 1 is 1.00 bits per heavy atom. The lowest BCUT2D eigenvalue weighted by molar-refractivity contribution is -0.122. The first-order valence-electron chi connectivity index (χ1n) is 20.5. The van der Waals surface area contributed by atoms with E-state index in [2.05, 4.69) is 61.4 Å². The minimum atomic E-state index is -0.179. The van der Waals surface area contributed by atoms with E-state index in [1.807, 2.05) is 18.2 Å². The lowest BCUT2D eigenvalue weighted by Crippen LogP contribution is -2.54. The van der Waals surface area contributed by atoms with Crippen LogP contribution in [-0.2, 0) is 25.5 Å². The molecule has 0 bridgehead atoms. The van der Waals surface area contributed by atoms with Gasteiger partial charge in [-0.05, 0) is 105 Å². The van der Waals surface area contributed by atoms with Crippen LogP contribution in [-0.4, -0.2) is 66.4 Å². The SMILES string of the molecule is CC1=C2C[C@H]3[C@@H](CC=C4CC(=O)CCC43C)[C@@H]2CC[C@]12O[C@@H]1CC(C)CN(CCNC(=O)CCCCCNC(=O)CCc3ccccc3)[C@H]1[C@H]2C. The number of fused-ring (bicyclic) bond motifs is 6. The second-order valence-corrected chi connectivity index (χ2v) is 17.5. The predicted molar refractivity (Wildman–Crippen MR) is 202 cm³/mol. The summed E-state index contributed by atoms with van der Waals surface area (Å²) in [6, 6.07) is 10.5. The number of amides is 2. The molecule has 278 valence electrons. The smallest absolute Gasteiger partial charge is 0.220 e. The number of benzene rings is 1. The number of ether oxygens (including phenoxy) is 1. The summed E-state index contributed by atoms with van der Waals surface area (Å²) in [6.45, 7) is 13.0. The number of rotatable bonds is 12. The fourth-order valence-corrected chi connectivity index (χ4v) is 11.8. The number of ketones is 1. The number of allylic oxidation sites excluding steroid dienone is 3. The van der Waals surface area contributed by atoms with Crippen LogP contribution in [0.3, 0.4) is 0 Å². The second-order valence-electron chi connectivity index (χ2n) is 17.5. The van der Waals surface area contributed by atoms with E-state index in [1.54, 1.807) is 11.1 Å². The molecule has 2 N–H and O–H groups in total. The summed E-state index contributed by atoms with van der Waals surface area (Å²) in [5.41, 5.74) is 5.87. The maximum absolute atomic E-state index is 12.8. The molecule has 2 amide bonds. The van der Waals surface area contributed by atoms with E-state index in [9.17, 15) is 14.4 Å². The zero-order valence-electron chi connectivity index (χ0n) is 31.8. The zero-order valence-corrected chi connectivity index (χ0v) is 31.8. The highest BCUT2D eigenvalue weighted by atomic mass is 16.5. The largest absolute Gasteiger partial charge is 0.365 e. The Kier molecular flexibility index (Phi) is 11.0. The van der Waals surface area contributed by atoms with Crippen LogP contribution in [0, 0.1) is 35.0 Å². The highest BCUT2D eigenvalue weighted by Crippen LogP contribution is 2.65. The van der Waals surface area contributed by atoms with Gasteiger partial charge in [0.1, 0.15) is 5.78 Å². The van der Waals surface area contributed by atoms with Crippen molar-refractivity contribution in [2.45, 2.75) is 135 Å². The number of hydrogen-bond donors (Lipinski definition) is 2. The minimum Gasteiger partial charge on any atom is -0.365 e. The van der Waals surface area contributed by atoms with E-state index < -0.39 is 0 Å². The van der Waals surface area contributed by atoms with Crippen molar-refractivity contribution in [3.05, 3.63) is 58.7 Å². The topological polar surface area (TPSA) is 87.7 Å². The number of aryl methyl sites for hydroxylation is 1. The molecule has 1 aromatic rings. The van der Waals surface area contributed by atoms with Crippen LogP contribution in [0.1, 0.15) is 117 Å². The average Bonchev–Trinajstić information content (AvgIpc) is 3.64. The molecule has 4 fully saturated rings. The molecule has 0 radical (unpaired) electrons. The van der Waals surface area contributed by atoms with Crippen molar-refractivity contribution in [3.8, 4) is 0 Å². The summed E-state index contributed by atoms with van der Waals surface area (Å²) in [7, 11) is 0. The molecule has 2 aliphatic heterocycles. The maximum atomic E-state index is 12.8. The molecule has 7 nitrogen and oxygen atoms in total. The van der Waals surface area contributed by atoms with Gasteiger partial charge in [0.25, 0.3) is 0 Å². The molecule has 2 saturated carbocycles. The van der Waals surface area contributed by atoms with Crippen molar-refractivity contribution >= 4 is 17.6 Å². The number of hydrogen-bond acceptors (Lipinski definition) is 5. The summed E-state index contributed by atoms with van der Waals surface area (Å²) in [6.07, 6.45) is 15.4. The average molecular weight is 698 g/mol. The second kappa shape index (κ2) is 15.3. The van der Waals surface area contributed by atoms with E-state index in [-0.39, 0.29) is 28.9 Å². The normalized spacial score (nSPS) is 35.9. The molecule has 1 aromatic carbocycles. The lowest BCUT2D eigenvalue weighted by atomic mass is 9.57. The first-order chi connectivity index (χ1) is 24.6. The minimum absolute atomic E-state index is 0.0962. The zero-order chi connectivity index (χ0) is 35.8. The number of carbonyl (C=O) groups is 3. The number of carbonyl (C=O) groups excluding carboxylic acids is 3. The van der Waals surface area contributed by atoms with Crippen LogP contribution in [0.15, 0.2) is 53.1 Å². The van der Waals surface area contributed by atoms with E-state index in [0.717, 1.165) is 70.9 Å². The number of Topliss-reactive ketones (excluding diaryl/α,β-unsaturated/α-hetero) is 1. The van der Waals surface area contributed by atoms with Crippen molar-refractivity contribution in [3.63, 3.8) is 0 Å². The van der Waals surface area contributed by atoms with Gasteiger partial charge >= 0.3 is 0 Å². The third-order valence-corrected chi connectivity index (χ3v) is 14.6. The molecule has 2 heterocycles. The van der Waals surface area contributed by atoms with Crippen molar-refractivity contribution in [2.75, 3.05) is 26.2 Å². The van der Waals surface area contributed by atoms with Gasteiger partial charge in [0.15, 0.2) is 0 Å². The van der Waals surface area contributed by atoms with Gasteiger partial charge < -0.3 is 15.4 Å². The van der Waals surface area contributed by atoms with Crippen LogP contribution in [0.5, 0.6) is 0 Å². The molecular formula is C44H63N3O4. The van der Waals surface area contributed by atoms with E-state index >= 15 is 0 Å². The number of nitrogens with one attached hydrogen (secondary N) is 2. The van der Waals surface area contributed by atoms with Crippen molar-refractivity contribution in [1.29, 1.82) is 0 Å². The van der Waals surface area contributed by atoms with E-state index in [0.29, 0.717) is 73.8 Å². The number of piperidine rings is 1. The highest BCUT2D eigenvalue weighted by molar-refractivity contribution is 5.82. The molecule has 7 heteroatoms. The maximum Gasteiger partial charge on any atom is 0.220 e. The first-order valence-corrected chi connectivity index (χ1v) is 20.5. The molecule has 2 saturated heterocycles. The Bertz CT molecular complexity index is 1520. The van der Waals surface area contributed by atoms with Gasteiger partial charge in [0.2, 0.25) is 11.8 Å².